The van der Waals surface area contributed by atoms with Crippen LogP contribution in [-0.2, 0) is 9.53 Å². The van der Waals surface area contributed by atoms with Gasteiger partial charge in [0.1, 0.15) is 17.5 Å². The summed E-state index contributed by atoms with van der Waals surface area (Å²) in [5.74, 6) is -7.76. The average Bonchev–Trinajstić information content (AvgIpc) is 2.26. The number of hydrogen-bond acceptors (Lipinski definition) is 4. The van der Waals surface area contributed by atoms with Crippen molar-refractivity contribution in [2.45, 2.75) is 0 Å². The highest BCUT2D eigenvalue weighted by atomic mass is 19.1. The van der Waals surface area contributed by atoms with Crippen molar-refractivity contribution in [2.24, 2.45) is 0 Å². The van der Waals surface area contributed by atoms with E-state index in [1.807, 2.05) is 0 Å². The van der Waals surface area contributed by atoms with E-state index >= 15 is 0 Å². The van der Waals surface area contributed by atoms with Gasteiger partial charge in [0.2, 0.25) is 5.76 Å². The Morgan fingerprint density at radius 3 is 2.17 bits per heavy atom. The first-order chi connectivity index (χ1) is 8.36. The molecule has 0 atom stereocenters. The lowest BCUT2D eigenvalue weighted by Crippen LogP contribution is -2.09. The molecule has 1 N–H and O–H groups in total. The summed E-state index contributed by atoms with van der Waals surface area (Å²) in [5, 5.41) is 9.03. The number of allylic oxidation sites excluding steroid dienone is 1. The van der Waals surface area contributed by atoms with Crippen LogP contribution < -0.4 is 0 Å². The van der Waals surface area contributed by atoms with Gasteiger partial charge >= 0.3 is 5.97 Å². The van der Waals surface area contributed by atoms with Crippen LogP contribution in [0.1, 0.15) is 10.4 Å². The highest BCUT2D eigenvalue weighted by Crippen LogP contribution is 2.16. The fraction of sp³-hybridized carbons (Fsp3) is 0.0909. The Bertz CT molecular complexity index is 514. The predicted molar refractivity (Wildman–Crippen MR) is 53.4 cm³/mol. The SMILES string of the molecule is COC(=O)/C(O)=C/C(=O)c1c(F)cc(F)cc1F. The van der Waals surface area contributed by atoms with E-state index < -0.39 is 40.5 Å². The van der Waals surface area contributed by atoms with Crippen LogP contribution in [0.15, 0.2) is 24.0 Å². The Morgan fingerprint density at radius 1 is 1.22 bits per heavy atom. The second kappa shape index (κ2) is 5.35. The van der Waals surface area contributed by atoms with Crippen LogP contribution in [-0.4, -0.2) is 24.0 Å². The lowest BCUT2D eigenvalue weighted by molar-refractivity contribution is -0.139. The van der Waals surface area contributed by atoms with E-state index in [0.717, 1.165) is 7.11 Å². The van der Waals surface area contributed by atoms with Gasteiger partial charge in [-0.1, -0.05) is 0 Å². The molecule has 0 radical (unpaired) electrons. The number of halogens is 3. The zero-order chi connectivity index (χ0) is 13.9. The maximum Gasteiger partial charge on any atom is 0.373 e. The van der Waals surface area contributed by atoms with Crippen LogP contribution in [0.25, 0.3) is 0 Å². The van der Waals surface area contributed by atoms with Crippen molar-refractivity contribution in [1.82, 2.24) is 0 Å². The van der Waals surface area contributed by atoms with E-state index in [-0.39, 0.29) is 6.08 Å². The summed E-state index contributed by atoms with van der Waals surface area (Å²) in [7, 11) is 0.940. The van der Waals surface area contributed by atoms with Gasteiger partial charge in [0, 0.05) is 18.2 Å². The number of aliphatic hydroxyl groups excluding tert-OH is 1. The highest BCUT2D eigenvalue weighted by Gasteiger charge is 2.19. The summed E-state index contributed by atoms with van der Waals surface area (Å²) >= 11 is 0. The third-order valence-electron chi connectivity index (χ3n) is 1.92. The van der Waals surface area contributed by atoms with Crippen LogP contribution in [0, 0.1) is 17.5 Å². The first-order valence-corrected chi connectivity index (χ1v) is 4.54. The molecule has 1 aromatic carbocycles. The number of carbonyl (C=O) groups is 2. The molecule has 1 rings (SSSR count). The Labute approximate surface area is 99.3 Å². The largest absolute Gasteiger partial charge is 0.502 e. The van der Waals surface area contributed by atoms with E-state index in [9.17, 15) is 22.8 Å². The number of hydrogen-bond donors (Lipinski definition) is 1. The van der Waals surface area contributed by atoms with Gasteiger partial charge in [-0.25, -0.2) is 18.0 Å². The van der Waals surface area contributed by atoms with Gasteiger partial charge in [0.25, 0.3) is 0 Å². The Kier molecular flexibility index (Phi) is 4.09. The van der Waals surface area contributed by atoms with Crippen LogP contribution >= 0.6 is 0 Å². The summed E-state index contributed by atoms with van der Waals surface area (Å²) in [5.41, 5.74) is -1.08. The molecule has 4 nitrogen and oxygen atoms in total. The minimum absolute atomic E-state index is 0.283. The molecular formula is C11H7F3O4. The monoisotopic (exact) mass is 260 g/mol. The third-order valence-corrected chi connectivity index (χ3v) is 1.92. The van der Waals surface area contributed by atoms with E-state index in [0.29, 0.717) is 12.1 Å². The molecule has 0 amide bonds. The topological polar surface area (TPSA) is 63.6 Å². The molecule has 0 unspecified atom stereocenters. The number of methoxy groups -OCH3 is 1. The Balaban J connectivity index is 3.17. The van der Waals surface area contributed by atoms with E-state index in [1.54, 1.807) is 0 Å². The fourth-order valence-electron chi connectivity index (χ4n) is 1.14. The zero-order valence-corrected chi connectivity index (χ0v) is 9.04. The lowest BCUT2D eigenvalue weighted by atomic mass is 10.1. The van der Waals surface area contributed by atoms with Gasteiger partial charge in [-0.3, -0.25) is 4.79 Å². The van der Waals surface area contributed by atoms with Gasteiger partial charge in [-0.05, 0) is 0 Å². The molecule has 18 heavy (non-hydrogen) atoms. The molecule has 0 bridgehead atoms. The molecular weight excluding hydrogens is 253 g/mol. The molecule has 96 valence electrons. The Hall–Kier alpha value is -2.31. The molecule has 0 heterocycles. The summed E-state index contributed by atoms with van der Waals surface area (Å²) in [6.07, 6.45) is 0.283. The highest BCUT2D eigenvalue weighted by molar-refractivity contribution is 6.08. The van der Waals surface area contributed by atoms with Crippen molar-refractivity contribution in [3.8, 4) is 0 Å². The molecule has 0 spiro atoms. The zero-order valence-electron chi connectivity index (χ0n) is 9.04. The maximum absolute atomic E-state index is 13.2. The van der Waals surface area contributed by atoms with Gasteiger partial charge in [-0.15, -0.1) is 0 Å². The number of benzene rings is 1. The minimum Gasteiger partial charge on any atom is -0.502 e. The first-order valence-electron chi connectivity index (χ1n) is 4.54. The average molecular weight is 260 g/mol. The summed E-state index contributed by atoms with van der Waals surface area (Å²) < 4.78 is 43.0. The summed E-state index contributed by atoms with van der Waals surface area (Å²) in [6.45, 7) is 0. The minimum atomic E-state index is -1.44. The van der Waals surface area contributed by atoms with Crippen molar-refractivity contribution < 1.29 is 32.6 Å². The van der Waals surface area contributed by atoms with E-state index in [4.69, 9.17) is 5.11 Å². The van der Waals surface area contributed by atoms with Crippen LogP contribution in [0.5, 0.6) is 0 Å². The second-order valence-electron chi connectivity index (χ2n) is 3.13. The first kappa shape index (κ1) is 13.8. The standard InChI is InChI=1S/C11H7F3O4/c1-18-11(17)9(16)4-8(15)10-6(13)2-5(12)3-7(10)14/h2-4,16H,1H3/b9-4-. The van der Waals surface area contributed by atoms with Crippen molar-refractivity contribution in [1.29, 1.82) is 0 Å². The molecule has 7 heteroatoms. The molecule has 0 aliphatic heterocycles. The van der Waals surface area contributed by atoms with Gasteiger partial charge in [0.15, 0.2) is 5.78 Å². The van der Waals surface area contributed by atoms with Crippen molar-refractivity contribution in [3.05, 3.63) is 47.0 Å². The van der Waals surface area contributed by atoms with E-state index in [2.05, 4.69) is 4.74 Å². The van der Waals surface area contributed by atoms with Crippen molar-refractivity contribution in [3.63, 3.8) is 0 Å². The number of aliphatic hydroxyl groups is 1. The van der Waals surface area contributed by atoms with Crippen molar-refractivity contribution >= 4 is 11.8 Å². The summed E-state index contributed by atoms with van der Waals surface area (Å²) in [4.78, 5) is 22.1. The summed E-state index contributed by atoms with van der Waals surface area (Å²) in [6, 6.07) is 0.610. The van der Waals surface area contributed by atoms with Crippen LogP contribution in [0.3, 0.4) is 0 Å². The lowest BCUT2D eigenvalue weighted by Gasteiger charge is -2.02. The van der Waals surface area contributed by atoms with Crippen LogP contribution in [0.2, 0.25) is 0 Å². The molecule has 0 aliphatic carbocycles. The van der Waals surface area contributed by atoms with Gasteiger partial charge < -0.3 is 9.84 Å². The molecule has 0 aromatic heterocycles. The number of esters is 1. The van der Waals surface area contributed by atoms with Gasteiger partial charge in [-0.2, -0.15) is 0 Å². The number of ketones is 1. The fourth-order valence-corrected chi connectivity index (χ4v) is 1.14. The number of ether oxygens (including phenoxy) is 1. The second-order valence-corrected chi connectivity index (χ2v) is 3.13. The number of carbonyl (C=O) groups excluding carboxylic acids is 2. The molecule has 0 aliphatic rings. The van der Waals surface area contributed by atoms with E-state index in [1.165, 1.54) is 0 Å². The number of rotatable bonds is 3. The normalized spacial score (nSPS) is 11.2. The smallest absolute Gasteiger partial charge is 0.373 e. The molecule has 0 saturated carbocycles. The molecule has 1 aromatic rings. The maximum atomic E-state index is 13.2. The van der Waals surface area contributed by atoms with Crippen LogP contribution in [0.4, 0.5) is 13.2 Å². The third kappa shape index (κ3) is 2.88. The van der Waals surface area contributed by atoms with Crippen molar-refractivity contribution in [2.75, 3.05) is 7.11 Å². The Morgan fingerprint density at radius 2 is 1.72 bits per heavy atom. The molecule has 0 saturated heterocycles. The molecule has 0 fully saturated rings. The quantitative estimate of drug-likeness (QED) is 0.390. The van der Waals surface area contributed by atoms with Gasteiger partial charge in [0.05, 0.1) is 12.7 Å². The predicted octanol–water partition coefficient (Wildman–Crippen LogP) is 1.90.